The molecule has 0 aromatic heterocycles. The lowest BCUT2D eigenvalue weighted by Crippen LogP contribution is -2.27. The SMILES string of the molecule is CCCC/C=C1\C(=O)/C(=C(/CCCC)[Si](C)(C)C)C2=C1CCC2. The van der Waals surface area contributed by atoms with Crippen molar-refractivity contribution in [2.75, 3.05) is 0 Å². The van der Waals surface area contributed by atoms with Crippen LogP contribution in [0.4, 0.5) is 0 Å². The van der Waals surface area contributed by atoms with Crippen LogP contribution in [0.2, 0.25) is 19.6 Å². The van der Waals surface area contributed by atoms with Crippen LogP contribution in [0, 0.1) is 0 Å². The van der Waals surface area contributed by atoms with Crippen LogP contribution in [0.5, 0.6) is 0 Å². The Kier molecular flexibility index (Phi) is 6.24. The number of Topliss-reactive ketones (excluding diaryl/α,β-unsaturated/α-hetero) is 1. The number of rotatable bonds is 7. The van der Waals surface area contributed by atoms with E-state index >= 15 is 0 Å². The van der Waals surface area contributed by atoms with Gasteiger partial charge in [0.2, 0.25) is 0 Å². The van der Waals surface area contributed by atoms with Crippen LogP contribution < -0.4 is 0 Å². The van der Waals surface area contributed by atoms with Gasteiger partial charge in [0.25, 0.3) is 0 Å². The second-order valence-electron chi connectivity index (χ2n) is 8.11. The minimum Gasteiger partial charge on any atom is -0.289 e. The molecule has 0 aromatic rings. The average molecular weight is 331 g/mol. The van der Waals surface area contributed by atoms with Crippen LogP contribution in [0.25, 0.3) is 0 Å². The highest BCUT2D eigenvalue weighted by Crippen LogP contribution is 2.46. The van der Waals surface area contributed by atoms with Gasteiger partial charge >= 0.3 is 0 Å². The molecule has 2 aliphatic carbocycles. The van der Waals surface area contributed by atoms with Crippen molar-refractivity contribution in [2.45, 2.75) is 91.3 Å². The summed E-state index contributed by atoms with van der Waals surface area (Å²) in [6.45, 7) is 11.7. The summed E-state index contributed by atoms with van der Waals surface area (Å²) in [6.07, 6.45) is 12.7. The van der Waals surface area contributed by atoms with Crippen molar-refractivity contribution in [3.8, 4) is 0 Å². The van der Waals surface area contributed by atoms with E-state index in [1.807, 2.05) is 0 Å². The van der Waals surface area contributed by atoms with Crippen molar-refractivity contribution in [3.63, 3.8) is 0 Å². The minimum atomic E-state index is -1.46. The molecule has 128 valence electrons. The van der Waals surface area contributed by atoms with Crippen LogP contribution in [-0.4, -0.2) is 13.9 Å². The molecule has 0 saturated carbocycles. The molecule has 0 radical (unpaired) electrons. The van der Waals surface area contributed by atoms with Gasteiger partial charge in [-0.15, -0.1) is 0 Å². The molecule has 2 rings (SSSR count). The highest BCUT2D eigenvalue weighted by molar-refractivity contribution is 6.83. The molecule has 0 heterocycles. The lowest BCUT2D eigenvalue weighted by Gasteiger charge is -2.24. The predicted octanol–water partition coefficient (Wildman–Crippen LogP) is 6.53. The Labute approximate surface area is 144 Å². The summed E-state index contributed by atoms with van der Waals surface area (Å²) in [4.78, 5) is 13.2. The first-order valence-corrected chi connectivity index (χ1v) is 13.1. The normalized spacial score (nSPS) is 22.3. The van der Waals surface area contributed by atoms with Crippen LogP contribution in [0.1, 0.15) is 71.6 Å². The first kappa shape index (κ1) is 18.4. The van der Waals surface area contributed by atoms with Crippen LogP contribution in [0.15, 0.2) is 33.6 Å². The summed E-state index contributed by atoms with van der Waals surface area (Å²) in [7, 11) is -1.46. The number of unbranched alkanes of at least 4 members (excludes halogenated alkanes) is 3. The maximum atomic E-state index is 13.2. The van der Waals surface area contributed by atoms with E-state index in [4.69, 9.17) is 0 Å². The lowest BCUT2D eigenvalue weighted by atomic mass is 9.99. The van der Waals surface area contributed by atoms with Gasteiger partial charge in [0.05, 0.1) is 8.07 Å². The van der Waals surface area contributed by atoms with E-state index in [0.717, 1.165) is 31.3 Å². The molecule has 1 nitrogen and oxygen atoms in total. The number of carbonyl (C=O) groups excluding carboxylic acids is 1. The first-order chi connectivity index (χ1) is 10.9. The summed E-state index contributed by atoms with van der Waals surface area (Å²) in [5.74, 6) is 0.374. The topological polar surface area (TPSA) is 17.1 Å². The number of allylic oxidation sites excluding steroid dienone is 6. The van der Waals surface area contributed by atoms with E-state index < -0.39 is 8.07 Å². The number of carbonyl (C=O) groups is 1. The van der Waals surface area contributed by atoms with Crippen molar-refractivity contribution in [2.24, 2.45) is 0 Å². The third-order valence-electron chi connectivity index (χ3n) is 5.21. The Morgan fingerprint density at radius 3 is 2.30 bits per heavy atom. The number of hydrogen-bond acceptors (Lipinski definition) is 1. The average Bonchev–Trinajstić information content (AvgIpc) is 3.03. The maximum absolute atomic E-state index is 13.2. The van der Waals surface area contributed by atoms with Crippen LogP contribution in [-0.2, 0) is 4.79 Å². The third kappa shape index (κ3) is 3.96. The van der Waals surface area contributed by atoms with Crippen LogP contribution in [0.3, 0.4) is 0 Å². The fraction of sp³-hybridized carbons (Fsp3) is 0.667. The Bertz CT molecular complexity index is 555. The van der Waals surface area contributed by atoms with Crippen molar-refractivity contribution < 1.29 is 4.79 Å². The van der Waals surface area contributed by atoms with E-state index in [0.29, 0.717) is 5.78 Å². The van der Waals surface area contributed by atoms with Gasteiger partial charge in [0.1, 0.15) is 0 Å². The molecule has 2 heteroatoms. The van der Waals surface area contributed by atoms with Gasteiger partial charge in [0.15, 0.2) is 5.78 Å². The van der Waals surface area contributed by atoms with Gasteiger partial charge in [0, 0.05) is 11.1 Å². The van der Waals surface area contributed by atoms with E-state index in [2.05, 4.69) is 39.6 Å². The second-order valence-corrected chi connectivity index (χ2v) is 13.2. The first-order valence-electron chi connectivity index (χ1n) is 9.63. The smallest absolute Gasteiger partial charge is 0.192 e. The molecule has 0 N–H and O–H groups in total. The Balaban J connectivity index is 2.46. The predicted molar refractivity (Wildman–Crippen MR) is 103 cm³/mol. The Hall–Kier alpha value is -0.893. The molecule has 0 aliphatic heterocycles. The molecule has 0 aromatic carbocycles. The molecule has 2 aliphatic rings. The van der Waals surface area contributed by atoms with Crippen LogP contribution >= 0.6 is 0 Å². The summed E-state index contributed by atoms with van der Waals surface area (Å²) in [5.41, 5.74) is 5.10. The quantitative estimate of drug-likeness (QED) is 0.294. The van der Waals surface area contributed by atoms with Crippen molar-refractivity contribution in [3.05, 3.63) is 33.6 Å². The largest absolute Gasteiger partial charge is 0.289 e. The van der Waals surface area contributed by atoms with Gasteiger partial charge in [-0.25, -0.2) is 0 Å². The lowest BCUT2D eigenvalue weighted by molar-refractivity contribution is -0.111. The molecule has 0 bridgehead atoms. The summed E-state index contributed by atoms with van der Waals surface area (Å²) >= 11 is 0. The van der Waals surface area contributed by atoms with Gasteiger partial charge < -0.3 is 0 Å². The summed E-state index contributed by atoms with van der Waals surface area (Å²) in [5, 5.41) is 1.54. The van der Waals surface area contributed by atoms with Gasteiger partial charge in [-0.3, -0.25) is 4.79 Å². The maximum Gasteiger partial charge on any atom is 0.192 e. The molecule has 0 fully saturated rings. The molecule has 0 spiro atoms. The zero-order chi connectivity index (χ0) is 17.0. The molecule has 0 amide bonds. The van der Waals surface area contributed by atoms with Gasteiger partial charge in [-0.2, -0.15) is 0 Å². The van der Waals surface area contributed by atoms with E-state index in [1.165, 1.54) is 54.0 Å². The molecule has 0 unspecified atom stereocenters. The summed E-state index contributed by atoms with van der Waals surface area (Å²) < 4.78 is 0. The molecular formula is C21H34OSi. The Morgan fingerprint density at radius 2 is 1.70 bits per heavy atom. The zero-order valence-corrected chi connectivity index (χ0v) is 16.8. The molecular weight excluding hydrogens is 296 g/mol. The second kappa shape index (κ2) is 7.79. The fourth-order valence-electron chi connectivity index (χ4n) is 3.94. The highest BCUT2D eigenvalue weighted by atomic mass is 28.3. The van der Waals surface area contributed by atoms with E-state index in [-0.39, 0.29) is 0 Å². The number of hydrogen-bond donors (Lipinski definition) is 0. The molecule has 0 atom stereocenters. The monoisotopic (exact) mass is 330 g/mol. The van der Waals surface area contributed by atoms with E-state index in [9.17, 15) is 4.79 Å². The van der Waals surface area contributed by atoms with E-state index in [1.54, 1.807) is 0 Å². The fourth-order valence-corrected chi connectivity index (χ4v) is 5.88. The zero-order valence-electron chi connectivity index (χ0n) is 15.8. The molecule has 23 heavy (non-hydrogen) atoms. The van der Waals surface area contributed by atoms with Crippen molar-refractivity contribution >= 4 is 13.9 Å². The highest BCUT2D eigenvalue weighted by Gasteiger charge is 2.38. The standard InChI is InChI=1S/C21H34OSi/c1-6-8-10-12-18-16-13-11-14-17(16)20(21(18)22)19(15-9-7-2)23(3,4)5/h12H,6-11,13-15H2,1-5H3/b18-12-,20-19-. The Morgan fingerprint density at radius 1 is 1.04 bits per heavy atom. The van der Waals surface area contributed by atoms with Crippen molar-refractivity contribution in [1.82, 2.24) is 0 Å². The number of ketones is 1. The van der Waals surface area contributed by atoms with Gasteiger partial charge in [-0.1, -0.05) is 70.4 Å². The minimum absolute atomic E-state index is 0.374. The molecule has 0 saturated heterocycles. The third-order valence-corrected chi connectivity index (χ3v) is 7.52. The van der Waals surface area contributed by atoms with Crippen molar-refractivity contribution in [1.29, 1.82) is 0 Å². The van der Waals surface area contributed by atoms with Gasteiger partial charge in [-0.05, 0) is 43.3 Å². The summed E-state index contributed by atoms with van der Waals surface area (Å²) in [6, 6.07) is 0.